The summed E-state index contributed by atoms with van der Waals surface area (Å²) >= 11 is 0. The molecule has 0 unspecified atom stereocenters. The highest BCUT2D eigenvalue weighted by molar-refractivity contribution is 5.59. The largest absolute Gasteiger partial charge is 0.489 e. The molecule has 0 radical (unpaired) electrons. The van der Waals surface area contributed by atoms with E-state index < -0.39 is 17.6 Å². The summed E-state index contributed by atoms with van der Waals surface area (Å²) in [4.78, 5) is 12.1. The van der Waals surface area contributed by atoms with Crippen LogP contribution >= 0.6 is 0 Å². The second kappa shape index (κ2) is 6.78. The average molecular weight is 325 g/mol. The fourth-order valence-electron chi connectivity index (χ4n) is 1.92. The molecular formula is C14H20FN5O3. The van der Waals surface area contributed by atoms with Crippen LogP contribution in [0.1, 0.15) is 20.8 Å². The van der Waals surface area contributed by atoms with Crippen molar-refractivity contribution in [3.8, 4) is 11.4 Å². The van der Waals surface area contributed by atoms with Gasteiger partial charge in [0.05, 0.1) is 11.8 Å². The zero-order chi connectivity index (χ0) is 17.1. The zero-order valence-electron chi connectivity index (χ0n) is 13.4. The van der Waals surface area contributed by atoms with Gasteiger partial charge in [-0.1, -0.05) is 0 Å². The number of anilines is 1. The van der Waals surface area contributed by atoms with Gasteiger partial charge >= 0.3 is 5.69 Å². The predicted molar refractivity (Wildman–Crippen MR) is 82.5 cm³/mol. The van der Waals surface area contributed by atoms with Crippen LogP contribution in [0.4, 0.5) is 10.1 Å². The average Bonchev–Trinajstić information content (AvgIpc) is 2.78. The van der Waals surface area contributed by atoms with Crippen LogP contribution < -0.4 is 15.7 Å². The van der Waals surface area contributed by atoms with Crippen LogP contribution in [-0.2, 0) is 7.05 Å². The fraction of sp³-hybridized carbons (Fsp3) is 0.500. The maximum absolute atomic E-state index is 14.2. The normalized spacial score (nSPS) is 12.5. The van der Waals surface area contributed by atoms with E-state index in [9.17, 15) is 14.3 Å². The first-order valence-corrected chi connectivity index (χ1v) is 7.20. The number of aromatic nitrogens is 4. The van der Waals surface area contributed by atoms with Crippen LogP contribution in [0.25, 0.3) is 5.69 Å². The molecule has 23 heavy (non-hydrogen) atoms. The van der Waals surface area contributed by atoms with Gasteiger partial charge in [-0.3, -0.25) is 0 Å². The molecule has 2 N–H and O–H groups in total. The zero-order valence-corrected chi connectivity index (χ0v) is 13.4. The quantitative estimate of drug-likeness (QED) is 0.811. The number of aliphatic hydroxyl groups is 1. The van der Waals surface area contributed by atoms with E-state index >= 15 is 0 Å². The minimum absolute atomic E-state index is 0.000150. The molecule has 0 aliphatic carbocycles. The van der Waals surface area contributed by atoms with Crippen LogP contribution in [0.5, 0.6) is 5.75 Å². The van der Waals surface area contributed by atoms with Gasteiger partial charge in [0.2, 0.25) is 0 Å². The Balaban J connectivity index is 2.54. The third-order valence-corrected chi connectivity index (χ3v) is 2.92. The smallest absolute Gasteiger partial charge is 0.368 e. The van der Waals surface area contributed by atoms with E-state index in [1.54, 1.807) is 6.92 Å². The van der Waals surface area contributed by atoms with Crippen molar-refractivity contribution in [1.82, 2.24) is 19.8 Å². The molecule has 0 spiro atoms. The van der Waals surface area contributed by atoms with Crippen molar-refractivity contribution in [2.24, 2.45) is 7.05 Å². The van der Waals surface area contributed by atoms with Gasteiger partial charge in [0.1, 0.15) is 23.9 Å². The number of hydrogen-bond donors (Lipinski definition) is 2. The molecule has 1 aromatic heterocycles. The van der Waals surface area contributed by atoms with E-state index in [4.69, 9.17) is 4.74 Å². The van der Waals surface area contributed by atoms with E-state index in [1.807, 2.05) is 13.8 Å². The predicted octanol–water partition coefficient (Wildman–Crippen LogP) is 0.685. The Kier molecular flexibility index (Phi) is 4.99. The first-order valence-electron chi connectivity index (χ1n) is 7.20. The highest BCUT2D eigenvalue weighted by Crippen LogP contribution is 2.29. The van der Waals surface area contributed by atoms with Crippen LogP contribution in [0.2, 0.25) is 0 Å². The molecule has 9 heteroatoms. The number of tetrazole rings is 1. The Hall–Kier alpha value is -2.42. The van der Waals surface area contributed by atoms with Gasteiger partial charge in [0.15, 0.2) is 0 Å². The number of nitrogens with zero attached hydrogens (tertiary/aromatic N) is 4. The number of ether oxygens (including phenoxy) is 1. The van der Waals surface area contributed by atoms with Crippen molar-refractivity contribution >= 4 is 5.69 Å². The Bertz CT molecular complexity index is 738. The van der Waals surface area contributed by atoms with Crippen LogP contribution in [0.15, 0.2) is 16.9 Å². The van der Waals surface area contributed by atoms with Crippen LogP contribution in [0, 0.1) is 5.82 Å². The number of benzene rings is 1. The summed E-state index contributed by atoms with van der Waals surface area (Å²) in [6.45, 7) is 5.23. The van der Waals surface area contributed by atoms with Crippen molar-refractivity contribution in [1.29, 1.82) is 0 Å². The minimum atomic E-state index is -0.738. The van der Waals surface area contributed by atoms with E-state index in [0.717, 1.165) is 15.4 Å². The Morgan fingerprint density at radius 2 is 2.04 bits per heavy atom. The number of rotatable bonds is 6. The second-order valence-corrected chi connectivity index (χ2v) is 5.56. The molecule has 2 rings (SSSR count). The van der Waals surface area contributed by atoms with Crippen molar-refractivity contribution in [3.05, 3.63) is 28.4 Å². The lowest BCUT2D eigenvalue weighted by atomic mass is 10.2. The molecule has 8 nitrogen and oxygen atoms in total. The Labute approximate surface area is 132 Å². The molecule has 0 aliphatic rings. The highest BCUT2D eigenvalue weighted by atomic mass is 19.1. The van der Waals surface area contributed by atoms with Crippen molar-refractivity contribution in [2.45, 2.75) is 32.9 Å². The van der Waals surface area contributed by atoms with Crippen LogP contribution in [-0.4, -0.2) is 43.6 Å². The van der Waals surface area contributed by atoms with Crippen molar-refractivity contribution in [3.63, 3.8) is 0 Å². The van der Waals surface area contributed by atoms with Gasteiger partial charge < -0.3 is 15.2 Å². The fourth-order valence-corrected chi connectivity index (χ4v) is 1.92. The Morgan fingerprint density at radius 3 is 2.57 bits per heavy atom. The van der Waals surface area contributed by atoms with Crippen molar-refractivity contribution in [2.75, 3.05) is 11.9 Å². The van der Waals surface area contributed by atoms with Crippen LogP contribution in [0.3, 0.4) is 0 Å². The Morgan fingerprint density at radius 1 is 1.35 bits per heavy atom. The summed E-state index contributed by atoms with van der Waals surface area (Å²) < 4.78 is 21.7. The van der Waals surface area contributed by atoms with Gasteiger partial charge in [-0.15, -0.1) is 0 Å². The number of hydrogen-bond acceptors (Lipinski definition) is 6. The molecule has 0 aliphatic heterocycles. The summed E-state index contributed by atoms with van der Waals surface area (Å²) in [5.41, 5.74) is -0.0285. The minimum Gasteiger partial charge on any atom is -0.489 e. The molecule has 0 amide bonds. The summed E-state index contributed by atoms with van der Waals surface area (Å²) in [6, 6.07) is 2.59. The SMILES string of the molecule is CC(C)Nc1cc(-n2nnn(C)c2=O)c(OC[C@@H](C)O)cc1F. The number of aliphatic hydroxyl groups excluding tert-OH is 1. The maximum atomic E-state index is 14.2. The lowest BCUT2D eigenvalue weighted by molar-refractivity contribution is 0.122. The summed E-state index contributed by atoms with van der Waals surface area (Å²) in [6.07, 6.45) is -0.738. The molecule has 2 aromatic rings. The topological polar surface area (TPSA) is 94.2 Å². The van der Waals surface area contributed by atoms with E-state index in [-0.39, 0.29) is 29.8 Å². The summed E-state index contributed by atoms with van der Waals surface area (Å²) in [7, 11) is 1.46. The number of aryl methyl sites for hydroxylation is 1. The molecule has 1 atom stereocenters. The van der Waals surface area contributed by atoms with Gasteiger partial charge in [-0.25, -0.2) is 9.18 Å². The summed E-state index contributed by atoms with van der Waals surface area (Å²) in [5, 5.41) is 19.7. The third-order valence-electron chi connectivity index (χ3n) is 2.92. The molecule has 0 bridgehead atoms. The standard InChI is InChI=1S/C14H20FN5O3/c1-8(2)16-11-6-12(20-14(22)19(4)17-18-20)13(5-10(11)15)23-7-9(3)21/h5-6,8-9,16,21H,7H2,1-4H3/t9-/m1/s1. The lowest BCUT2D eigenvalue weighted by Crippen LogP contribution is -2.23. The maximum Gasteiger partial charge on any atom is 0.368 e. The third kappa shape index (κ3) is 3.86. The van der Waals surface area contributed by atoms with Gasteiger partial charge in [-0.2, -0.15) is 9.36 Å². The number of nitrogens with one attached hydrogen (secondary N) is 1. The van der Waals surface area contributed by atoms with E-state index in [1.165, 1.54) is 13.1 Å². The van der Waals surface area contributed by atoms with Gasteiger partial charge in [0, 0.05) is 19.2 Å². The lowest BCUT2D eigenvalue weighted by Gasteiger charge is -2.16. The molecule has 0 saturated heterocycles. The van der Waals surface area contributed by atoms with Gasteiger partial charge in [0.25, 0.3) is 0 Å². The van der Waals surface area contributed by atoms with E-state index in [0.29, 0.717) is 0 Å². The number of halogens is 1. The highest BCUT2D eigenvalue weighted by Gasteiger charge is 2.17. The molecule has 1 heterocycles. The van der Waals surface area contributed by atoms with E-state index in [2.05, 4.69) is 15.7 Å². The summed E-state index contributed by atoms with van der Waals surface area (Å²) in [5.74, 6) is -0.430. The monoisotopic (exact) mass is 325 g/mol. The first kappa shape index (κ1) is 16.9. The molecule has 1 aromatic carbocycles. The molecule has 126 valence electrons. The van der Waals surface area contributed by atoms with Crippen molar-refractivity contribution < 1.29 is 14.2 Å². The van der Waals surface area contributed by atoms with Gasteiger partial charge in [-0.05, 0) is 37.3 Å². The molecule has 0 saturated carbocycles. The second-order valence-electron chi connectivity index (χ2n) is 5.56. The molecular weight excluding hydrogens is 305 g/mol. The first-order chi connectivity index (χ1) is 10.8. The molecule has 0 fully saturated rings.